The Labute approximate surface area is 127 Å². The number of amides is 1. The van der Waals surface area contributed by atoms with Crippen molar-refractivity contribution < 1.29 is 9.53 Å². The number of aromatic nitrogens is 2. The first-order valence-electron chi connectivity index (χ1n) is 6.99. The van der Waals surface area contributed by atoms with Gasteiger partial charge < -0.3 is 10.5 Å². The Morgan fingerprint density at radius 1 is 1.09 bits per heavy atom. The number of nitrogens with zero attached hydrogens (tertiary/aromatic N) is 2. The minimum absolute atomic E-state index is 0.231. The SMILES string of the molecule is CCOc1ccc(-c2nc(C(N)=O)c3ccccc3n2)cc1. The number of primary amides is 1. The summed E-state index contributed by atoms with van der Waals surface area (Å²) < 4.78 is 5.41. The molecule has 0 atom stereocenters. The number of hydrogen-bond acceptors (Lipinski definition) is 4. The van der Waals surface area contributed by atoms with Gasteiger partial charge in [-0.05, 0) is 37.3 Å². The molecule has 0 fully saturated rings. The molecule has 1 aromatic heterocycles. The summed E-state index contributed by atoms with van der Waals surface area (Å²) in [5, 5.41) is 0.657. The van der Waals surface area contributed by atoms with Crippen LogP contribution in [-0.2, 0) is 0 Å². The lowest BCUT2D eigenvalue weighted by atomic mass is 10.1. The average Bonchev–Trinajstić information content (AvgIpc) is 2.54. The monoisotopic (exact) mass is 293 g/mol. The Morgan fingerprint density at radius 2 is 1.82 bits per heavy atom. The maximum absolute atomic E-state index is 11.6. The predicted octanol–water partition coefficient (Wildman–Crippen LogP) is 2.79. The molecule has 3 aromatic rings. The normalized spacial score (nSPS) is 10.6. The van der Waals surface area contributed by atoms with Crippen LogP contribution in [0.5, 0.6) is 5.75 Å². The lowest BCUT2D eigenvalue weighted by Crippen LogP contribution is -2.14. The number of carbonyl (C=O) groups is 1. The molecule has 0 unspecified atom stereocenters. The van der Waals surface area contributed by atoms with Gasteiger partial charge in [0.05, 0.1) is 12.1 Å². The van der Waals surface area contributed by atoms with Crippen molar-refractivity contribution in [3.8, 4) is 17.1 Å². The summed E-state index contributed by atoms with van der Waals surface area (Å²) in [5.41, 5.74) is 7.16. The number of nitrogens with two attached hydrogens (primary N) is 1. The molecule has 3 rings (SSSR count). The van der Waals surface area contributed by atoms with Gasteiger partial charge in [-0.1, -0.05) is 18.2 Å². The Hall–Kier alpha value is -2.95. The fraction of sp³-hybridized carbons (Fsp3) is 0.118. The topological polar surface area (TPSA) is 78.1 Å². The molecule has 2 aromatic carbocycles. The molecule has 5 heteroatoms. The van der Waals surface area contributed by atoms with Crippen LogP contribution >= 0.6 is 0 Å². The number of fused-ring (bicyclic) bond motifs is 1. The maximum Gasteiger partial charge on any atom is 0.268 e. The maximum atomic E-state index is 11.6. The molecule has 0 aliphatic heterocycles. The van der Waals surface area contributed by atoms with E-state index in [1.165, 1.54) is 0 Å². The van der Waals surface area contributed by atoms with Crippen LogP contribution in [-0.4, -0.2) is 22.5 Å². The lowest BCUT2D eigenvalue weighted by Gasteiger charge is -2.07. The van der Waals surface area contributed by atoms with Crippen molar-refractivity contribution in [2.75, 3.05) is 6.61 Å². The minimum atomic E-state index is -0.564. The lowest BCUT2D eigenvalue weighted by molar-refractivity contribution is 0.0997. The second-order valence-corrected chi connectivity index (χ2v) is 4.73. The van der Waals surface area contributed by atoms with Crippen LogP contribution < -0.4 is 10.5 Å². The molecule has 0 spiro atoms. The number of para-hydroxylation sites is 1. The molecular weight excluding hydrogens is 278 g/mol. The first kappa shape index (κ1) is 14.0. The average molecular weight is 293 g/mol. The van der Waals surface area contributed by atoms with Crippen LogP contribution in [0.2, 0.25) is 0 Å². The third-order valence-electron chi connectivity index (χ3n) is 3.26. The number of carbonyl (C=O) groups excluding carboxylic acids is 1. The van der Waals surface area contributed by atoms with Gasteiger partial charge >= 0.3 is 0 Å². The highest BCUT2D eigenvalue weighted by molar-refractivity contribution is 6.04. The zero-order valence-corrected chi connectivity index (χ0v) is 12.1. The first-order valence-corrected chi connectivity index (χ1v) is 6.99. The van der Waals surface area contributed by atoms with Gasteiger partial charge in [-0.15, -0.1) is 0 Å². The van der Waals surface area contributed by atoms with E-state index in [1.54, 1.807) is 6.07 Å². The van der Waals surface area contributed by atoms with E-state index in [0.717, 1.165) is 11.3 Å². The fourth-order valence-electron chi connectivity index (χ4n) is 2.26. The van der Waals surface area contributed by atoms with E-state index in [0.29, 0.717) is 23.3 Å². The highest BCUT2D eigenvalue weighted by Crippen LogP contribution is 2.23. The number of rotatable bonds is 4. The van der Waals surface area contributed by atoms with E-state index in [-0.39, 0.29) is 5.69 Å². The molecular formula is C17H15N3O2. The van der Waals surface area contributed by atoms with Gasteiger partial charge in [-0.3, -0.25) is 4.79 Å². The molecule has 0 saturated carbocycles. The highest BCUT2D eigenvalue weighted by atomic mass is 16.5. The third kappa shape index (κ3) is 2.61. The second kappa shape index (κ2) is 5.81. The van der Waals surface area contributed by atoms with Crippen molar-refractivity contribution in [3.05, 3.63) is 54.2 Å². The first-order chi connectivity index (χ1) is 10.7. The summed E-state index contributed by atoms with van der Waals surface area (Å²) in [7, 11) is 0. The number of benzene rings is 2. The summed E-state index contributed by atoms with van der Waals surface area (Å²) in [5.74, 6) is 0.684. The molecule has 110 valence electrons. The molecule has 0 bridgehead atoms. The van der Waals surface area contributed by atoms with E-state index >= 15 is 0 Å². The fourth-order valence-corrected chi connectivity index (χ4v) is 2.26. The molecule has 0 radical (unpaired) electrons. The predicted molar refractivity (Wildman–Crippen MR) is 84.7 cm³/mol. The van der Waals surface area contributed by atoms with Crippen LogP contribution in [0.1, 0.15) is 17.4 Å². The van der Waals surface area contributed by atoms with Crippen LogP contribution in [0.15, 0.2) is 48.5 Å². The Balaban J connectivity index is 2.12. The summed E-state index contributed by atoms with van der Waals surface area (Å²) in [6, 6.07) is 14.7. The summed E-state index contributed by atoms with van der Waals surface area (Å²) in [4.78, 5) is 20.5. The molecule has 1 amide bonds. The Bertz CT molecular complexity index is 829. The van der Waals surface area contributed by atoms with Crippen LogP contribution in [0.4, 0.5) is 0 Å². The molecule has 5 nitrogen and oxygen atoms in total. The zero-order chi connectivity index (χ0) is 15.5. The number of hydrogen-bond donors (Lipinski definition) is 1. The van der Waals surface area contributed by atoms with E-state index in [4.69, 9.17) is 10.5 Å². The van der Waals surface area contributed by atoms with Gasteiger partial charge in [0.15, 0.2) is 5.82 Å². The minimum Gasteiger partial charge on any atom is -0.494 e. The molecule has 0 aliphatic rings. The molecule has 0 aliphatic carbocycles. The zero-order valence-electron chi connectivity index (χ0n) is 12.1. The van der Waals surface area contributed by atoms with Crippen LogP contribution in [0.3, 0.4) is 0 Å². The Kier molecular flexibility index (Phi) is 3.70. The van der Waals surface area contributed by atoms with E-state index in [9.17, 15) is 4.79 Å². The third-order valence-corrected chi connectivity index (χ3v) is 3.26. The van der Waals surface area contributed by atoms with E-state index in [2.05, 4.69) is 9.97 Å². The van der Waals surface area contributed by atoms with Crippen molar-refractivity contribution in [1.29, 1.82) is 0 Å². The molecule has 1 heterocycles. The quantitative estimate of drug-likeness (QED) is 0.802. The van der Waals surface area contributed by atoms with E-state index in [1.807, 2.05) is 49.4 Å². The van der Waals surface area contributed by atoms with E-state index < -0.39 is 5.91 Å². The summed E-state index contributed by atoms with van der Waals surface area (Å²) in [6.45, 7) is 2.54. The van der Waals surface area contributed by atoms with Gasteiger partial charge in [-0.2, -0.15) is 0 Å². The standard InChI is InChI=1S/C17H15N3O2/c1-2-22-12-9-7-11(8-10-12)17-19-14-6-4-3-5-13(14)15(20-17)16(18)21/h3-10H,2H2,1H3,(H2,18,21). The van der Waals surface area contributed by atoms with Crippen LogP contribution in [0, 0.1) is 0 Å². The van der Waals surface area contributed by atoms with Crippen LogP contribution in [0.25, 0.3) is 22.3 Å². The van der Waals surface area contributed by atoms with Crippen molar-refractivity contribution in [3.63, 3.8) is 0 Å². The molecule has 2 N–H and O–H groups in total. The largest absolute Gasteiger partial charge is 0.494 e. The van der Waals surface area contributed by atoms with Crippen molar-refractivity contribution in [1.82, 2.24) is 9.97 Å². The smallest absolute Gasteiger partial charge is 0.268 e. The molecule has 0 saturated heterocycles. The molecule has 22 heavy (non-hydrogen) atoms. The van der Waals surface area contributed by atoms with Crippen molar-refractivity contribution in [2.45, 2.75) is 6.92 Å². The highest BCUT2D eigenvalue weighted by Gasteiger charge is 2.13. The van der Waals surface area contributed by atoms with Gasteiger partial charge in [0, 0.05) is 10.9 Å². The second-order valence-electron chi connectivity index (χ2n) is 4.73. The van der Waals surface area contributed by atoms with Crippen molar-refractivity contribution >= 4 is 16.8 Å². The summed E-state index contributed by atoms with van der Waals surface area (Å²) >= 11 is 0. The van der Waals surface area contributed by atoms with Gasteiger partial charge in [-0.25, -0.2) is 9.97 Å². The van der Waals surface area contributed by atoms with Gasteiger partial charge in [0.2, 0.25) is 0 Å². The van der Waals surface area contributed by atoms with Gasteiger partial charge in [0.1, 0.15) is 11.4 Å². The van der Waals surface area contributed by atoms with Crippen molar-refractivity contribution in [2.24, 2.45) is 5.73 Å². The summed E-state index contributed by atoms with van der Waals surface area (Å²) in [6.07, 6.45) is 0. The van der Waals surface area contributed by atoms with Gasteiger partial charge in [0.25, 0.3) is 5.91 Å². The number of ether oxygens (including phenoxy) is 1. The Morgan fingerprint density at radius 3 is 2.50 bits per heavy atom.